The van der Waals surface area contributed by atoms with Crippen molar-refractivity contribution in [1.29, 1.82) is 0 Å². The predicted molar refractivity (Wildman–Crippen MR) is 73.5 cm³/mol. The summed E-state index contributed by atoms with van der Waals surface area (Å²) < 4.78 is 7.13. The van der Waals surface area contributed by atoms with E-state index in [0.717, 1.165) is 31.7 Å². The molecule has 110 valence electrons. The molecule has 21 heavy (non-hydrogen) atoms. The van der Waals surface area contributed by atoms with Crippen LogP contribution in [0.4, 0.5) is 0 Å². The first kappa shape index (κ1) is 12.6. The van der Waals surface area contributed by atoms with Crippen LogP contribution in [0.3, 0.4) is 0 Å². The third-order valence-corrected chi connectivity index (χ3v) is 4.02. The molecule has 1 aliphatic carbocycles. The second-order valence-electron chi connectivity index (χ2n) is 5.64. The van der Waals surface area contributed by atoms with Gasteiger partial charge in [-0.15, -0.1) is 5.10 Å². The van der Waals surface area contributed by atoms with E-state index in [1.54, 1.807) is 17.1 Å². The van der Waals surface area contributed by atoms with E-state index < -0.39 is 0 Å². The number of carbonyl (C=O) groups is 1. The maximum Gasteiger partial charge on any atom is 0.276 e. The molecule has 2 aromatic heterocycles. The molecule has 0 spiro atoms. The monoisotopic (exact) mass is 287 g/mol. The summed E-state index contributed by atoms with van der Waals surface area (Å²) in [5.74, 6) is 0.735. The lowest BCUT2D eigenvalue weighted by Crippen LogP contribution is -2.43. The first-order valence-corrected chi connectivity index (χ1v) is 7.27. The molecule has 1 saturated heterocycles. The van der Waals surface area contributed by atoms with Crippen LogP contribution < -0.4 is 5.32 Å². The Morgan fingerprint density at radius 3 is 2.95 bits per heavy atom. The second kappa shape index (κ2) is 5.00. The molecule has 4 rings (SSSR count). The van der Waals surface area contributed by atoms with Crippen molar-refractivity contribution in [2.75, 3.05) is 13.1 Å². The summed E-state index contributed by atoms with van der Waals surface area (Å²) in [6, 6.07) is 4.35. The van der Waals surface area contributed by atoms with Crippen molar-refractivity contribution in [3.8, 4) is 0 Å². The first-order chi connectivity index (χ1) is 10.3. The van der Waals surface area contributed by atoms with E-state index in [1.165, 1.54) is 0 Å². The van der Waals surface area contributed by atoms with Crippen molar-refractivity contribution < 1.29 is 9.21 Å². The highest BCUT2D eigenvalue weighted by atomic mass is 16.3. The molecule has 2 aliphatic rings. The fraction of sp³-hybridized carbons (Fsp3) is 0.500. The summed E-state index contributed by atoms with van der Waals surface area (Å²) in [6.07, 6.45) is 5.48. The number of nitrogens with one attached hydrogen (secondary N) is 1. The molecule has 1 saturated carbocycles. The van der Waals surface area contributed by atoms with Crippen LogP contribution in [0.25, 0.3) is 0 Å². The topological polar surface area (TPSA) is 76.2 Å². The van der Waals surface area contributed by atoms with Crippen LogP contribution in [0, 0.1) is 0 Å². The van der Waals surface area contributed by atoms with E-state index in [2.05, 4.69) is 15.6 Å². The molecule has 7 heteroatoms. The zero-order valence-corrected chi connectivity index (χ0v) is 11.6. The fourth-order valence-electron chi connectivity index (χ4n) is 2.48. The van der Waals surface area contributed by atoms with Crippen molar-refractivity contribution in [2.24, 2.45) is 0 Å². The number of amides is 1. The molecule has 1 amide bonds. The smallest absolute Gasteiger partial charge is 0.276 e. The van der Waals surface area contributed by atoms with E-state index in [4.69, 9.17) is 4.42 Å². The molecule has 0 bridgehead atoms. The standard InChI is InChI=1S/C14H17N5O2/c20-14(13-9-19(17-16-13)11-6-15-7-11)18(10-3-4-10)8-12-2-1-5-21-12/h1-2,5,9-11,15H,3-4,6-8H2. The average molecular weight is 287 g/mol. The Kier molecular flexibility index (Phi) is 2.99. The minimum Gasteiger partial charge on any atom is -0.467 e. The molecule has 0 unspecified atom stereocenters. The second-order valence-corrected chi connectivity index (χ2v) is 5.64. The Morgan fingerprint density at radius 1 is 1.48 bits per heavy atom. The van der Waals surface area contributed by atoms with E-state index >= 15 is 0 Å². The molecule has 1 aliphatic heterocycles. The summed E-state index contributed by atoms with van der Waals surface area (Å²) in [7, 11) is 0. The van der Waals surface area contributed by atoms with Gasteiger partial charge in [-0.2, -0.15) is 0 Å². The van der Waals surface area contributed by atoms with Gasteiger partial charge >= 0.3 is 0 Å². The average Bonchev–Trinajstić information content (AvgIpc) is 2.95. The lowest BCUT2D eigenvalue weighted by molar-refractivity contribution is 0.0711. The minimum atomic E-state index is -0.0626. The van der Waals surface area contributed by atoms with Crippen LogP contribution in [0.1, 0.15) is 35.1 Å². The van der Waals surface area contributed by atoms with Gasteiger partial charge in [-0.05, 0) is 25.0 Å². The lowest BCUT2D eigenvalue weighted by atomic mass is 10.2. The zero-order chi connectivity index (χ0) is 14.2. The highest BCUT2D eigenvalue weighted by Crippen LogP contribution is 2.29. The molecule has 0 atom stereocenters. The number of hydrogen-bond acceptors (Lipinski definition) is 5. The third-order valence-electron chi connectivity index (χ3n) is 4.02. The molecule has 7 nitrogen and oxygen atoms in total. The van der Waals surface area contributed by atoms with Crippen molar-refractivity contribution >= 4 is 5.91 Å². The number of hydrogen-bond donors (Lipinski definition) is 1. The molecule has 0 radical (unpaired) electrons. The molecule has 2 fully saturated rings. The number of carbonyl (C=O) groups excluding carboxylic acids is 1. The third kappa shape index (κ3) is 2.44. The highest BCUT2D eigenvalue weighted by Gasteiger charge is 2.35. The summed E-state index contributed by atoms with van der Waals surface area (Å²) in [5, 5.41) is 11.3. The van der Waals surface area contributed by atoms with Gasteiger partial charge < -0.3 is 14.6 Å². The molecule has 3 heterocycles. The summed E-state index contributed by atoms with van der Waals surface area (Å²) in [4.78, 5) is 14.5. The number of furan rings is 1. The number of rotatable bonds is 5. The molecular weight excluding hydrogens is 270 g/mol. The van der Waals surface area contributed by atoms with Crippen LogP contribution in [0.15, 0.2) is 29.0 Å². The van der Waals surface area contributed by atoms with Gasteiger partial charge in [0.05, 0.1) is 25.0 Å². The van der Waals surface area contributed by atoms with Gasteiger partial charge in [-0.1, -0.05) is 5.21 Å². The Labute approximate surface area is 121 Å². The van der Waals surface area contributed by atoms with E-state index in [9.17, 15) is 4.79 Å². The zero-order valence-electron chi connectivity index (χ0n) is 11.6. The van der Waals surface area contributed by atoms with Gasteiger partial charge in [0.25, 0.3) is 5.91 Å². The quantitative estimate of drug-likeness (QED) is 0.881. The predicted octanol–water partition coefficient (Wildman–Crippen LogP) is 0.820. The van der Waals surface area contributed by atoms with Gasteiger partial charge in [-0.25, -0.2) is 4.68 Å². The molecule has 1 N–H and O–H groups in total. The first-order valence-electron chi connectivity index (χ1n) is 7.27. The van der Waals surface area contributed by atoms with E-state index in [1.807, 2.05) is 17.0 Å². The number of aromatic nitrogens is 3. The molecule has 0 aromatic carbocycles. The van der Waals surface area contributed by atoms with Crippen molar-refractivity contribution in [3.63, 3.8) is 0 Å². The van der Waals surface area contributed by atoms with Crippen LogP contribution >= 0.6 is 0 Å². The van der Waals surface area contributed by atoms with Gasteiger partial charge in [0.15, 0.2) is 5.69 Å². The van der Waals surface area contributed by atoms with Crippen LogP contribution in [-0.4, -0.2) is 44.9 Å². The van der Waals surface area contributed by atoms with E-state index in [-0.39, 0.29) is 5.91 Å². The largest absolute Gasteiger partial charge is 0.467 e. The summed E-state index contributed by atoms with van der Waals surface area (Å²) in [5.41, 5.74) is 0.417. The minimum absolute atomic E-state index is 0.0626. The van der Waals surface area contributed by atoms with Gasteiger partial charge in [0.2, 0.25) is 0 Å². The van der Waals surface area contributed by atoms with Crippen LogP contribution in [0.2, 0.25) is 0 Å². The van der Waals surface area contributed by atoms with Crippen LogP contribution in [0.5, 0.6) is 0 Å². The maximum atomic E-state index is 12.6. The van der Waals surface area contributed by atoms with Crippen molar-refractivity contribution in [1.82, 2.24) is 25.2 Å². The fourth-order valence-corrected chi connectivity index (χ4v) is 2.48. The Hall–Kier alpha value is -2.15. The summed E-state index contributed by atoms with van der Waals surface area (Å²) in [6.45, 7) is 2.26. The summed E-state index contributed by atoms with van der Waals surface area (Å²) >= 11 is 0. The Balaban J connectivity index is 1.51. The normalized spacial score (nSPS) is 18.5. The SMILES string of the molecule is O=C(c1cn(C2CNC2)nn1)N(Cc1ccco1)C1CC1. The van der Waals surface area contributed by atoms with Crippen LogP contribution in [-0.2, 0) is 6.54 Å². The lowest BCUT2D eigenvalue weighted by Gasteiger charge is -2.26. The number of nitrogens with zero attached hydrogens (tertiary/aromatic N) is 4. The maximum absolute atomic E-state index is 12.6. The van der Waals surface area contributed by atoms with Gasteiger partial charge in [0, 0.05) is 19.1 Å². The van der Waals surface area contributed by atoms with E-state index in [0.29, 0.717) is 24.3 Å². The van der Waals surface area contributed by atoms with Crippen molar-refractivity contribution in [3.05, 3.63) is 36.0 Å². The highest BCUT2D eigenvalue weighted by molar-refractivity contribution is 5.92. The molecular formula is C14H17N5O2. The van der Waals surface area contributed by atoms with Gasteiger partial charge in [-0.3, -0.25) is 4.79 Å². The Morgan fingerprint density at radius 2 is 2.33 bits per heavy atom. The molecule has 2 aromatic rings. The van der Waals surface area contributed by atoms with Gasteiger partial charge in [0.1, 0.15) is 5.76 Å². The Bertz CT molecular complexity index is 628. The van der Waals surface area contributed by atoms with Crippen molar-refractivity contribution in [2.45, 2.75) is 31.5 Å².